The summed E-state index contributed by atoms with van der Waals surface area (Å²) < 4.78 is 13.9. The molecule has 4 rings (SSSR count). The van der Waals surface area contributed by atoms with Gasteiger partial charge in [-0.2, -0.15) is 4.57 Å². The van der Waals surface area contributed by atoms with Crippen molar-refractivity contribution in [1.82, 2.24) is 0 Å². The predicted molar refractivity (Wildman–Crippen MR) is 133 cm³/mol. The van der Waals surface area contributed by atoms with Gasteiger partial charge >= 0.3 is 5.89 Å². The van der Waals surface area contributed by atoms with Crippen molar-refractivity contribution < 1.29 is 13.7 Å². The number of halogens is 4. The van der Waals surface area contributed by atoms with Gasteiger partial charge in [0.05, 0.1) is 31.9 Å². The fraction of sp³-hybridized carbons (Fsp3) is 0.261. The van der Waals surface area contributed by atoms with Gasteiger partial charge in [0.2, 0.25) is 11.5 Å². The number of oxazole rings is 1. The van der Waals surface area contributed by atoms with Crippen LogP contribution in [-0.2, 0) is 6.54 Å². The topological polar surface area (TPSA) is 29.5 Å². The van der Waals surface area contributed by atoms with E-state index >= 15 is 0 Å². The maximum Gasteiger partial charge on any atom is 0.374 e. The van der Waals surface area contributed by atoms with Crippen LogP contribution in [-0.4, -0.2) is 6.54 Å². The summed E-state index contributed by atoms with van der Waals surface area (Å²) in [4.78, 5) is 2.02. The van der Waals surface area contributed by atoms with Crippen LogP contribution in [0.2, 0.25) is 20.1 Å². The molecule has 0 spiro atoms. The lowest BCUT2D eigenvalue weighted by molar-refractivity contribution is -0.674. The average molecular weight is 503 g/mol. The van der Waals surface area contributed by atoms with Crippen LogP contribution >= 0.6 is 46.4 Å². The number of nitrogens with zero attached hydrogens (tertiary/aromatic N) is 2. The molecule has 166 valence electrons. The summed E-state index contributed by atoms with van der Waals surface area (Å²) in [6, 6.07) is 7.07. The highest BCUT2D eigenvalue weighted by molar-refractivity contribution is 6.43. The number of ether oxygens (including phenoxy) is 1. The Labute approximate surface area is 203 Å². The second-order valence-corrected chi connectivity index (χ2v) is 7.99. The Kier molecular flexibility index (Phi) is 8.34. The van der Waals surface area contributed by atoms with Crippen molar-refractivity contribution in [1.29, 1.82) is 0 Å². The van der Waals surface area contributed by atoms with E-state index in [1.807, 2.05) is 53.7 Å². The van der Waals surface area contributed by atoms with Gasteiger partial charge in [-0.1, -0.05) is 61.3 Å². The second kappa shape index (κ2) is 10.2. The third-order valence-electron chi connectivity index (χ3n) is 4.66. The Morgan fingerprint density at radius 1 is 0.935 bits per heavy atom. The van der Waals surface area contributed by atoms with Gasteiger partial charge in [0, 0.05) is 24.7 Å². The number of rotatable bonds is 4. The molecule has 0 N–H and O–H groups in total. The van der Waals surface area contributed by atoms with Crippen molar-refractivity contribution in [2.24, 2.45) is 0 Å². The summed E-state index contributed by atoms with van der Waals surface area (Å²) in [7, 11) is 0. The normalized spacial score (nSPS) is 14.0. The lowest BCUT2D eigenvalue weighted by Gasteiger charge is -2.15. The molecule has 0 saturated heterocycles. The zero-order chi connectivity index (χ0) is 20.7. The number of aromatic nitrogens is 1. The molecule has 2 heterocycles. The molecule has 0 unspecified atom stereocenters. The zero-order valence-corrected chi connectivity index (χ0v) is 18.7. The number of fused-ring (bicyclic) bond motifs is 2. The van der Waals surface area contributed by atoms with Gasteiger partial charge in [0.25, 0.3) is 5.52 Å². The van der Waals surface area contributed by atoms with Gasteiger partial charge in [-0.15, -0.1) is 0 Å². The van der Waals surface area contributed by atoms with E-state index in [1.165, 1.54) is 0 Å². The highest BCUT2D eigenvalue weighted by Crippen LogP contribution is 2.43. The Balaban J connectivity index is 0.00000171. The zero-order valence-electron chi connectivity index (χ0n) is 15.7. The molecule has 1 aliphatic rings. The monoisotopic (exact) mass is 501 g/mol. The number of aryl methyl sites for hydroxylation is 1. The molecule has 4 nitrogen and oxygen atoms in total. The van der Waals surface area contributed by atoms with E-state index in [1.54, 1.807) is 12.1 Å². The Morgan fingerprint density at radius 3 is 2.26 bits per heavy atom. The van der Waals surface area contributed by atoms with Crippen molar-refractivity contribution in [2.75, 3.05) is 11.4 Å². The van der Waals surface area contributed by atoms with E-state index in [-0.39, 0.29) is 14.9 Å². The first-order valence-electron chi connectivity index (χ1n) is 9.07. The summed E-state index contributed by atoms with van der Waals surface area (Å²) >= 11 is 24.5. The molecule has 1 aliphatic heterocycles. The van der Waals surface area contributed by atoms with Crippen LogP contribution in [0.4, 0.5) is 5.69 Å². The molecule has 2 aromatic carbocycles. The summed E-state index contributed by atoms with van der Waals surface area (Å²) in [5.74, 6) is 2.04. The number of hydrogen-bond donors (Lipinski definition) is 0. The molecule has 0 atom stereocenters. The van der Waals surface area contributed by atoms with Crippen molar-refractivity contribution in [3.05, 3.63) is 68.3 Å². The van der Waals surface area contributed by atoms with Crippen molar-refractivity contribution >= 4 is 69.3 Å². The molecule has 31 heavy (non-hydrogen) atoms. The first-order chi connectivity index (χ1) is 13.9. The van der Waals surface area contributed by atoms with Crippen molar-refractivity contribution in [3.63, 3.8) is 0 Å². The highest BCUT2D eigenvalue weighted by Gasteiger charge is 2.26. The van der Waals surface area contributed by atoms with E-state index in [9.17, 15) is 0 Å². The summed E-state index contributed by atoms with van der Waals surface area (Å²) in [5.41, 5.74) is 2.45. The fourth-order valence-electron chi connectivity index (χ4n) is 3.31. The van der Waals surface area contributed by atoms with Gasteiger partial charge in [0.15, 0.2) is 5.75 Å². The first-order valence-corrected chi connectivity index (χ1v) is 10.6. The van der Waals surface area contributed by atoms with Crippen molar-refractivity contribution in [3.8, 4) is 5.75 Å². The first kappa shape index (κ1) is 25.4. The molecule has 1 aromatic heterocycles. The molecule has 0 fully saturated rings. The van der Waals surface area contributed by atoms with Crippen LogP contribution in [0.15, 0.2) is 46.7 Å². The van der Waals surface area contributed by atoms with E-state index in [2.05, 4.69) is 0 Å². The maximum absolute atomic E-state index is 6.16. The summed E-state index contributed by atoms with van der Waals surface area (Å²) in [6.07, 6.45) is 5.62. The van der Waals surface area contributed by atoms with Crippen LogP contribution in [0.5, 0.6) is 5.75 Å². The van der Waals surface area contributed by atoms with Crippen molar-refractivity contribution in [2.45, 2.75) is 35.2 Å². The van der Waals surface area contributed by atoms with Crippen LogP contribution in [0, 0.1) is 0 Å². The van der Waals surface area contributed by atoms with Crippen LogP contribution in [0.3, 0.4) is 0 Å². The average Bonchev–Trinajstić information content (AvgIpc) is 3.19. The summed E-state index contributed by atoms with van der Waals surface area (Å²) in [5, 5.41) is 1.91. The van der Waals surface area contributed by atoms with Gasteiger partial charge in [-0.3, -0.25) is 0 Å². The maximum atomic E-state index is 6.16. The van der Waals surface area contributed by atoms with Gasteiger partial charge in [-0.05, 0) is 32.1 Å². The third kappa shape index (κ3) is 4.68. The Hall–Kier alpha value is -1.85. The highest BCUT2D eigenvalue weighted by atomic mass is 35.5. The molecule has 8 heteroatoms. The smallest absolute Gasteiger partial charge is 0.374 e. The summed E-state index contributed by atoms with van der Waals surface area (Å²) in [6.45, 7) is 5.52. The van der Waals surface area contributed by atoms with E-state index < -0.39 is 0 Å². The minimum atomic E-state index is 0. The molecule has 0 amide bonds. The molecule has 3 aromatic rings. The van der Waals surface area contributed by atoms with Crippen LogP contribution in [0.25, 0.3) is 17.2 Å². The van der Waals surface area contributed by atoms with Gasteiger partial charge in [-0.25, -0.2) is 0 Å². The number of anilines is 1. The third-order valence-corrected chi connectivity index (χ3v) is 6.10. The van der Waals surface area contributed by atoms with Gasteiger partial charge in [0.1, 0.15) is 6.54 Å². The minimum Gasteiger partial charge on any atom is -0.439 e. The lowest BCUT2D eigenvalue weighted by Crippen LogP contribution is -2.33. The van der Waals surface area contributed by atoms with Crippen LogP contribution < -0.4 is 14.2 Å². The quantitative estimate of drug-likeness (QED) is 0.335. The predicted octanol–water partition coefficient (Wildman–Crippen LogP) is 8.40. The van der Waals surface area contributed by atoms with E-state index in [0.717, 1.165) is 24.3 Å². The van der Waals surface area contributed by atoms with Crippen LogP contribution in [0.1, 0.15) is 34.6 Å². The molecule has 0 saturated carbocycles. The number of allylic oxidation sites excluding steroid dienone is 2. The Bertz CT molecular complexity index is 1170. The molecular weight excluding hydrogens is 478 g/mol. The number of hydrogen-bond acceptors (Lipinski definition) is 3. The number of benzene rings is 2. The largest absolute Gasteiger partial charge is 0.439 e. The van der Waals surface area contributed by atoms with Gasteiger partial charge < -0.3 is 14.1 Å². The Morgan fingerprint density at radius 2 is 1.58 bits per heavy atom. The molecule has 0 bridgehead atoms. The second-order valence-electron chi connectivity index (χ2n) is 6.36. The molecular formula is C23H25Cl4N2O2+. The standard InChI is InChI=1S/C21H17Cl4N2O2.2CH4/c1-3-26-16-8-12(22)14(24)10-18(16)28-20(26)6-5-7-21-27(4-2)17-9-13(23)15(25)11-19(17)29-21;;/h5-11H,3-4H2,1-2H3;2*1H4/q+1;;. The fourth-order valence-corrected chi connectivity index (χ4v) is 3.93. The molecule has 0 aliphatic carbocycles. The molecule has 0 radical (unpaired) electrons. The van der Waals surface area contributed by atoms with E-state index in [0.29, 0.717) is 43.2 Å². The lowest BCUT2D eigenvalue weighted by atomic mass is 10.3. The van der Waals surface area contributed by atoms with E-state index in [4.69, 9.17) is 55.6 Å². The SMILES string of the molecule is C.C.CCN1C(=CC=Cc2oc3cc(Cl)c(Cl)cc3[n+]2CC)Oc2cc(Cl)c(Cl)cc21. The minimum absolute atomic E-state index is 0.